The molecule has 0 spiro atoms. The summed E-state index contributed by atoms with van der Waals surface area (Å²) in [6.45, 7) is 15.8. The number of pyridine rings is 1. The number of nitrogens with zero attached hydrogens (tertiary/aromatic N) is 1. The lowest BCUT2D eigenvalue weighted by molar-refractivity contribution is 0.0949. The Morgan fingerprint density at radius 1 is 1.12 bits per heavy atom. The summed E-state index contributed by atoms with van der Waals surface area (Å²) in [5, 5.41) is 3.01. The molecule has 0 saturated heterocycles. The average molecular weight is 531 g/mol. The highest BCUT2D eigenvalue weighted by atomic mass is 79.9. The van der Waals surface area contributed by atoms with Crippen molar-refractivity contribution in [3.8, 4) is 0 Å². The van der Waals surface area contributed by atoms with Crippen LogP contribution in [0, 0.1) is 39.5 Å². The van der Waals surface area contributed by atoms with Crippen LogP contribution in [0.5, 0.6) is 0 Å². The van der Waals surface area contributed by atoms with Gasteiger partial charge < -0.3 is 15.2 Å². The van der Waals surface area contributed by atoms with Crippen molar-refractivity contribution in [3.63, 3.8) is 0 Å². The van der Waals surface area contributed by atoms with Gasteiger partial charge in [0, 0.05) is 46.1 Å². The first-order valence-electron chi connectivity index (χ1n) is 12.6. The molecule has 2 N–H and O–H groups in total. The van der Waals surface area contributed by atoms with Crippen molar-refractivity contribution in [1.29, 1.82) is 0 Å². The highest BCUT2D eigenvalue weighted by molar-refractivity contribution is 9.10. The molecule has 1 aromatic heterocycles. The Morgan fingerprint density at radius 3 is 2.32 bits per heavy atom. The van der Waals surface area contributed by atoms with Crippen molar-refractivity contribution in [2.24, 2.45) is 11.8 Å². The number of anilines is 1. The molecule has 0 radical (unpaired) electrons. The molecule has 5 nitrogen and oxygen atoms in total. The lowest BCUT2D eigenvalue weighted by Crippen LogP contribution is -2.39. The molecule has 186 valence electrons. The Hall–Kier alpha value is -2.08. The largest absolute Gasteiger partial charge is 0.369 e. The second kappa shape index (κ2) is 11.1. The second-order valence-electron chi connectivity index (χ2n) is 10.2. The van der Waals surface area contributed by atoms with Crippen LogP contribution < -0.4 is 15.8 Å². The van der Waals surface area contributed by atoms with E-state index in [-0.39, 0.29) is 18.0 Å². The van der Waals surface area contributed by atoms with Gasteiger partial charge in [0.2, 0.25) is 0 Å². The Labute approximate surface area is 212 Å². The number of halogens is 1. The molecular weight excluding hydrogens is 490 g/mol. The molecule has 6 heteroatoms. The van der Waals surface area contributed by atoms with Gasteiger partial charge in [0.15, 0.2) is 0 Å². The fourth-order valence-electron chi connectivity index (χ4n) is 5.57. The van der Waals surface area contributed by atoms with Crippen LogP contribution in [0.15, 0.2) is 21.4 Å². The van der Waals surface area contributed by atoms with E-state index < -0.39 is 0 Å². The summed E-state index contributed by atoms with van der Waals surface area (Å²) < 4.78 is 0.942. The maximum absolute atomic E-state index is 13.4. The molecule has 2 aromatic rings. The number of hydrogen-bond acceptors (Lipinski definition) is 3. The van der Waals surface area contributed by atoms with Crippen molar-refractivity contribution < 1.29 is 4.79 Å². The summed E-state index contributed by atoms with van der Waals surface area (Å²) in [7, 11) is 0. The highest BCUT2D eigenvalue weighted by Crippen LogP contribution is 2.38. The molecular formula is C28H40BrN3O2. The number of aromatic amines is 1. The van der Waals surface area contributed by atoms with Gasteiger partial charge in [0.05, 0.1) is 0 Å². The number of rotatable bonds is 7. The van der Waals surface area contributed by atoms with E-state index in [4.69, 9.17) is 0 Å². The number of carbonyl (C=O) groups is 1. The van der Waals surface area contributed by atoms with E-state index in [0.29, 0.717) is 17.2 Å². The fourth-order valence-corrected chi connectivity index (χ4v) is 5.98. The molecule has 0 aliphatic heterocycles. The van der Waals surface area contributed by atoms with E-state index >= 15 is 0 Å². The highest BCUT2D eigenvalue weighted by Gasteiger charge is 2.29. The minimum atomic E-state index is -0.143. The van der Waals surface area contributed by atoms with Gasteiger partial charge in [-0.05, 0) is 101 Å². The number of carbonyl (C=O) groups excluding carboxylic acids is 1. The average Bonchev–Trinajstić information content (AvgIpc) is 2.77. The molecule has 1 aliphatic rings. The van der Waals surface area contributed by atoms with Gasteiger partial charge in [-0.2, -0.15) is 0 Å². The summed E-state index contributed by atoms with van der Waals surface area (Å²) in [6.07, 6.45) is 4.92. The van der Waals surface area contributed by atoms with Crippen LogP contribution in [0.4, 0.5) is 5.69 Å². The van der Waals surface area contributed by atoms with Crippen LogP contribution in [-0.4, -0.2) is 23.5 Å². The number of aryl methyl sites for hydroxylation is 2. The van der Waals surface area contributed by atoms with Gasteiger partial charge in [0.1, 0.15) is 0 Å². The molecule has 1 saturated carbocycles. The number of benzene rings is 1. The fraction of sp³-hybridized carbons (Fsp3) is 0.571. The standard InChI is InChI=1S/C28H40BrN3O2/c1-8-32(22-11-9-21(10-12-22)16(2)3)25-14-24(29)19(6)26(20(25)7)28(34)30-15-23-17(4)13-18(5)31-27(23)33/h13-14,16,21-22H,8-12,15H2,1-7H3,(H,30,34)(H,31,33)/t21-,22-. The first-order chi connectivity index (χ1) is 16.0. The van der Waals surface area contributed by atoms with Gasteiger partial charge >= 0.3 is 0 Å². The molecule has 1 aromatic carbocycles. The van der Waals surface area contributed by atoms with E-state index in [1.54, 1.807) is 0 Å². The number of H-pyrrole nitrogens is 1. The smallest absolute Gasteiger partial charge is 0.253 e. The third-order valence-electron chi connectivity index (χ3n) is 7.68. The summed E-state index contributed by atoms with van der Waals surface area (Å²) >= 11 is 3.72. The maximum Gasteiger partial charge on any atom is 0.253 e. The third-order valence-corrected chi connectivity index (χ3v) is 8.50. The SMILES string of the molecule is CCN(c1cc(Br)c(C)c(C(=O)NCc2c(C)cc(C)[nH]c2=O)c1C)[C@H]1CC[C@H](C(C)C)CC1. The monoisotopic (exact) mass is 529 g/mol. The van der Waals surface area contributed by atoms with Crippen molar-refractivity contribution in [3.05, 3.63) is 60.5 Å². The van der Waals surface area contributed by atoms with Gasteiger partial charge in [-0.25, -0.2) is 0 Å². The van der Waals surface area contributed by atoms with Crippen molar-refractivity contribution in [1.82, 2.24) is 10.3 Å². The molecule has 1 fully saturated rings. The number of nitrogens with one attached hydrogen (secondary N) is 2. The molecule has 0 bridgehead atoms. The second-order valence-corrected chi connectivity index (χ2v) is 11.1. The van der Waals surface area contributed by atoms with Crippen LogP contribution in [0.3, 0.4) is 0 Å². The molecule has 1 aliphatic carbocycles. The maximum atomic E-state index is 13.4. The van der Waals surface area contributed by atoms with E-state index in [1.165, 1.54) is 25.7 Å². The van der Waals surface area contributed by atoms with Crippen molar-refractivity contribution in [2.45, 2.75) is 86.7 Å². The van der Waals surface area contributed by atoms with E-state index in [9.17, 15) is 9.59 Å². The molecule has 3 rings (SSSR count). The van der Waals surface area contributed by atoms with E-state index in [0.717, 1.165) is 50.9 Å². The summed E-state index contributed by atoms with van der Waals surface area (Å²) in [4.78, 5) is 31.1. The van der Waals surface area contributed by atoms with Gasteiger partial charge in [0.25, 0.3) is 11.5 Å². The van der Waals surface area contributed by atoms with E-state index in [2.05, 4.69) is 64.9 Å². The lowest BCUT2D eigenvalue weighted by atomic mass is 9.79. The molecule has 1 amide bonds. The lowest BCUT2D eigenvalue weighted by Gasteiger charge is -2.40. The zero-order valence-electron chi connectivity index (χ0n) is 21.8. The minimum absolute atomic E-state index is 0.142. The van der Waals surface area contributed by atoms with Gasteiger partial charge in [-0.1, -0.05) is 29.8 Å². The van der Waals surface area contributed by atoms with Crippen LogP contribution in [0.1, 0.15) is 84.8 Å². The van der Waals surface area contributed by atoms with Crippen molar-refractivity contribution in [2.75, 3.05) is 11.4 Å². The first kappa shape index (κ1) is 26.5. The zero-order valence-corrected chi connectivity index (χ0v) is 23.4. The molecule has 34 heavy (non-hydrogen) atoms. The van der Waals surface area contributed by atoms with Crippen LogP contribution in [0.2, 0.25) is 0 Å². The molecule has 1 heterocycles. The topological polar surface area (TPSA) is 65.2 Å². The quantitative estimate of drug-likeness (QED) is 0.439. The Balaban J connectivity index is 1.87. The number of amides is 1. The van der Waals surface area contributed by atoms with Crippen LogP contribution in [-0.2, 0) is 6.54 Å². The summed E-state index contributed by atoms with van der Waals surface area (Å²) in [5.41, 5.74) is 5.91. The Kier molecular flexibility index (Phi) is 8.66. The Morgan fingerprint density at radius 2 is 1.76 bits per heavy atom. The number of aromatic nitrogens is 1. The van der Waals surface area contributed by atoms with Crippen LogP contribution >= 0.6 is 15.9 Å². The normalized spacial score (nSPS) is 18.3. The predicted octanol–water partition coefficient (Wildman–Crippen LogP) is 6.34. The first-order valence-corrected chi connectivity index (χ1v) is 13.4. The predicted molar refractivity (Wildman–Crippen MR) is 145 cm³/mol. The summed E-state index contributed by atoms with van der Waals surface area (Å²) in [5.74, 6) is 1.41. The minimum Gasteiger partial charge on any atom is -0.369 e. The third kappa shape index (κ3) is 5.59. The molecule has 0 atom stereocenters. The Bertz CT molecular complexity index is 1100. The van der Waals surface area contributed by atoms with Crippen molar-refractivity contribution >= 4 is 27.5 Å². The zero-order chi connectivity index (χ0) is 25.2. The number of hydrogen-bond donors (Lipinski definition) is 2. The van der Waals surface area contributed by atoms with Gasteiger partial charge in [-0.3, -0.25) is 9.59 Å². The molecule has 0 unspecified atom stereocenters. The van der Waals surface area contributed by atoms with Gasteiger partial charge in [-0.15, -0.1) is 0 Å². The summed E-state index contributed by atoms with van der Waals surface area (Å²) in [6, 6.07) is 4.61. The van der Waals surface area contributed by atoms with E-state index in [1.807, 2.05) is 26.8 Å². The van der Waals surface area contributed by atoms with Crippen LogP contribution in [0.25, 0.3) is 0 Å².